The Morgan fingerprint density at radius 1 is 1.67 bits per heavy atom. The predicted molar refractivity (Wildman–Crippen MR) is 60.8 cm³/mol. The van der Waals surface area contributed by atoms with Crippen molar-refractivity contribution in [3.8, 4) is 11.4 Å². The topological polar surface area (TPSA) is 88.8 Å². The molecule has 2 rings (SSSR count). The second kappa shape index (κ2) is 4.45. The lowest BCUT2D eigenvalue weighted by Crippen LogP contribution is -2.03. The smallest absolute Gasteiger partial charge is 0.237 e. The second-order valence-corrected chi connectivity index (χ2v) is 4.47. The maximum atomic E-state index is 7.04. The fourth-order valence-electron chi connectivity index (χ4n) is 0.962. The lowest BCUT2D eigenvalue weighted by molar-refractivity contribution is 0.392. The summed E-state index contributed by atoms with van der Waals surface area (Å²) >= 11 is 2.74. The van der Waals surface area contributed by atoms with Crippen molar-refractivity contribution < 1.29 is 4.52 Å². The molecule has 0 amide bonds. The van der Waals surface area contributed by atoms with Crippen LogP contribution in [-0.4, -0.2) is 15.3 Å². The average molecular weight is 240 g/mol. The number of hydrogen-bond donors (Lipinski definition) is 2. The van der Waals surface area contributed by atoms with Crippen LogP contribution in [0.5, 0.6) is 0 Å². The van der Waals surface area contributed by atoms with E-state index in [4.69, 9.17) is 15.7 Å². The Morgan fingerprint density at radius 2 is 2.53 bits per heavy atom. The van der Waals surface area contributed by atoms with Gasteiger partial charge in [0.05, 0.1) is 5.75 Å². The number of amidine groups is 1. The van der Waals surface area contributed by atoms with Gasteiger partial charge in [-0.05, 0) is 11.4 Å². The number of nitrogens with one attached hydrogen (secondary N) is 1. The highest BCUT2D eigenvalue weighted by Crippen LogP contribution is 2.19. The van der Waals surface area contributed by atoms with Crippen molar-refractivity contribution in [2.45, 2.75) is 5.75 Å². The summed E-state index contributed by atoms with van der Waals surface area (Å²) in [6.45, 7) is 0. The first-order chi connectivity index (χ1) is 7.25. The highest BCUT2D eigenvalue weighted by molar-refractivity contribution is 8.12. The van der Waals surface area contributed by atoms with Crippen molar-refractivity contribution in [2.24, 2.45) is 5.73 Å². The summed E-state index contributed by atoms with van der Waals surface area (Å²) in [4.78, 5) is 4.18. The summed E-state index contributed by atoms with van der Waals surface area (Å²) in [6.07, 6.45) is 0. The first kappa shape index (κ1) is 10.2. The van der Waals surface area contributed by atoms with Gasteiger partial charge < -0.3 is 10.3 Å². The van der Waals surface area contributed by atoms with Crippen LogP contribution in [0.15, 0.2) is 21.3 Å². The molecule has 0 atom stereocenters. The maximum Gasteiger partial charge on any atom is 0.237 e. The number of aromatic nitrogens is 2. The van der Waals surface area contributed by atoms with Gasteiger partial charge in [-0.15, -0.1) is 0 Å². The van der Waals surface area contributed by atoms with Gasteiger partial charge in [0.1, 0.15) is 0 Å². The zero-order valence-electron chi connectivity index (χ0n) is 7.64. The lowest BCUT2D eigenvalue weighted by atomic mass is 10.3. The van der Waals surface area contributed by atoms with Crippen LogP contribution in [0.3, 0.4) is 0 Å². The molecule has 0 radical (unpaired) electrons. The van der Waals surface area contributed by atoms with Crippen molar-refractivity contribution >= 4 is 28.3 Å². The molecule has 0 aliphatic heterocycles. The van der Waals surface area contributed by atoms with Gasteiger partial charge in [-0.25, -0.2) is 0 Å². The largest absolute Gasteiger partial charge is 0.379 e. The van der Waals surface area contributed by atoms with E-state index in [1.54, 1.807) is 11.3 Å². The van der Waals surface area contributed by atoms with Crippen molar-refractivity contribution in [1.29, 1.82) is 5.41 Å². The van der Waals surface area contributed by atoms with E-state index in [-0.39, 0.29) is 5.17 Å². The molecule has 3 N–H and O–H groups in total. The minimum Gasteiger partial charge on any atom is -0.379 e. The molecule has 2 aromatic rings. The molecule has 0 bridgehead atoms. The SMILES string of the molecule is N=C(N)SCc1nc(-c2ccsc2)no1. The standard InChI is InChI=1S/C8H8N4OS2/c9-8(10)15-4-6-11-7(12-13-6)5-1-2-14-3-5/h1-3H,4H2,(H3,9,10). The molecule has 2 aromatic heterocycles. The van der Waals surface area contributed by atoms with Gasteiger partial charge in [-0.2, -0.15) is 16.3 Å². The first-order valence-electron chi connectivity index (χ1n) is 4.07. The molecule has 0 aliphatic rings. The number of rotatable bonds is 3. The van der Waals surface area contributed by atoms with Crippen LogP contribution in [-0.2, 0) is 5.75 Å². The fourth-order valence-corrected chi connectivity index (χ4v) is 1.99. The molecular formula is C8H8N4OS2. The van der Waals surface area contributed by atoms with Crippen LogP contribution in [0.2, 0.25) is 0 Å². The van der Waals surface area contributed by atoms with E-state index in [2.05, 4.69) is 10.1 Å². The molecule has 0 aliphatic carbocycles. The Morgan fingerprint density at radius 3 is 3.20 bits per heavy atom. The maximum absolute atomic E-state index is 7.04. The quantitative estimate of drug-likeness (QED) is 0.632. The van der Waals surface area contributed by atoms with Crippen molar-refractivity contribution in [3.05, 3.63) is 22.7 Å². The van der Waals surface area contributed by atoms with Crippen LogP contribution in [0, 0.1) is 5.41 Å². The molecule has 0 fully saturated rings. The summed E-state index contributed by atoms with van der Waals surface area (Å²) in [5, 5.41) is 14.8. The number of nitrogens with zero attached hydrogens (tertiary/aromatic N) is 2. The summed E-state index contributed by atoms with van der Waals surface area (Å²) in [5.41, 5.74) is 6.15. The van der Waals surface area contributed by atoms with Gasteiger partial charge >= 0.3 is 0 Å². The number of hydrogen-bond acceptors (Lipinski definition) is 6. The highest BCUT2D eigenvalue weighted by Gasteiger charge is 2.08. The molecule has 78 valence electrons. The summed E-state index contributed by atoms with van der Waals surface area (Å²) in [6, 6.07) is 1.93. The van der Waals surface area contributed by atoms with Crippen LogP contribution >= 0.6 is 23.1 Å². The minimum absolute atomic E-state index is 0.0466. The van der Waals surface area contributed by atoms with Gasteiger partial charge in [0.2, 0.25) is 11.7 Å². The summed E-state index contributed by atoms with van der Waals surface area (Å²) in [5.74, 6) is 1.50. The normalized spacial score (nSPS) is 10.4. The van der Waals surface area contributed by atoms with E-state index in [1.165, 1.54) is 0 Å². The van der Waals surface area contributed by atoms with Gasteiger partial charge in [0, 0.05) is 10.9 Å². The zero-order chi connectivity index (χ0) is 10.7. The van der Waals surface area contributed by atoms with Gasteiger partial charge in [0.15, 0.2) is 5.17 Å². The third-order valence-electron chi connectivity index (χ3n) is 1.60. The van der Waals surface area contributed by atoms with E-state index in [1.807, 2.05) is 16.8 Å². The molecule has 0 aromatic carbocycles. The predicted octanol–water partition coefficient (Wildman–Crippen LogP) is 1.92. The molecule has 0 spiro atoms. The van der Waals surface area contributed by atoms with E-state index in [9.17, 15) is 0 Å². The highest BCUT2D eigenvalue weighted by atomic mass is 32.2. The Hall–Kier alpha value is -1.34. The Balaban J connectivity index is 2.08. The molecule has 2 heterocycles. The fraction of sp³-hybridized carbons (Fsp3) is 0.125. The van der Waals surface area contributed by atoms with Crippen LogP contribution in [0.1, 0.15) is 5.89 Å². The van der Waals surface area contributed by atoms with Gasteiger partial charge in [-0.3, -0.25) is 5.41 Å². The average Bonchev–Trinajstić information content (AvgIpc) is 2.85. The zero-order valence-corrected chi connectivity index (χ0v) is 9.27. The van der Waals surface area contributed by atoms with E-state index in [0.717, 1.165) is 17.3 Å². The van der Waals surface area contributed by atoms with Crippen molar-refractivity contribution in [1.82, 2.24) is 10.1 Å². The monoisotopic (exact) mass is 240 g/mol. The summed E-state index contributed by atoms with van der Waals surface area (Å²) < 4.78 is 5.01. The van der Waals surface area contributed by atoms with Crippen LogP contribution in [0.4, 0.5) is 0 Å². The van der Waals surface area contributed by atoms with Crippen LogP contribution in [0.25, 0.3) is 11.4 Å². The lowest BCUT2D eigenvalue weighted by Gasteiger charge is -1.90. The molecule has 15 heavy (non-hydrogen) atoms. The number of thiophene rings is 1. The molecule has 5 nitrogen and oxygen atoms in total. The molecule has 0 unspecified atom stereocenters. The number of nitrogens with two attached hydrogens (primary N) is 1. The molecular weight excluding hydrogens is 232 g/mol. The van der Waals surface area contributed by atoms with Crippen molar-refractivity contribution in [2.75, 3.05) is 0 Å². The Kier molecular flexibility index (Phi) is 3.02. The molecule has 7 heteroatoms. The van der Waals surface area contributed by atoms with E-state index in [0.29, 0.717) is 17.5 Å². The summed E-state index contributed by atoms with van der Waals surface area (Å²) in [7, 11) is 0. The number of thioether (sulfide) groups is 1. The molecule has 0 saturated carbocycles. The Labute approximate surface area is 94.2 Å². The third kappa shape index (κ3) is 2.57. The van der Waals surface area contributed by atoms with Gasteiger partial charge in [0.25, 0.3) is 0 Å². The van der Waals surface area contributed by atoms with Crippen molar-refractivity contribution in [3.63, 3.8) is 0 Å². The second-order valence-electron chi connectivity index (χ2n) is 2.68. The van der Waals surface area contributed by atoms with E-state index >= 15 is 0 Å². The third-order valence-corrected chi connectivity index (χ3v) is 2.98. The van der Waals surface area contributed by atoms with Gasteiger partial charge in [-0.1, -0.05) is 16.9 Å². The van der Waals surface area contributed by atoms with E-state index < -0.39 is 0 Å². The Bertz CT molecular complexity index is 451. The first-order valence-corrected chi connectivity index (χ1v) is 6.00. The minimum atomic E-state index is 0.0466. The van der Waals surface area contributed by atoms with Crippen LogP contribution < -0.4 is 5.73 Å². The molecule has 0 saturated heterocycles.